The number of para-hydroxylation sites is 2. The van der Waals surface area contributed by atoms with Gasteiger partial charge < -0.3 is 8.83 Å². The van der Waals surface area contributed by atoms with Crippen LogP contribution in [0, 0.1) is 0 Å². The second kappa shape index (κ2) is 10.5. The molecular weight excluding hydrogens is 590 g/mol. The molecule has 0 radical (unpaired) electrons. The van der Waals surface area contributed by atoms with E-state index in [0.29, 0.717) is 17.5 Å². The predicted octanol–water partition coefficient (Wildman–Crippen LogP) is 11.5. The minimum atomic E-state index is 0.594. The molecule has 0 bridgehead atoms. The van der Waals surface area contributed by atoms with Crippen molar-refractivity contribution in [3.63, 3.8) is 0 Å². The molecule has 0 aliphatic rings. The lowest BCUT2D eigenvalue weighted by Gasteiger charge is -2.10. The van der Waals surface area contributed by atoms with Gasteiger partial charge in [0.25, 0.3) is 0 Å². The molecular formula is C43H25N3O2. The van der Waals surface area contributed by atoms with Crippen molar-refractivity contribution in [2.24, 2.45) is 0 Å². The van der Waals surface area contributed by atoms with Gasteiger partial charge in [-0.2, -0.15) is 0 Å². The zero-order valence-corrected chi connectivity index (χ0v) is 25.6. The molecule has 0 spiro atoms. The summed E-state index contributed by atoms with van der Waals surface area (Å²) in [5.74, 6) is 1.84. The fraction of sp³-hybridized carbons (Fsp3) is 0. The Morgan fingerprint density at radius 1 is 0.354 bits per heavy atom. The van der Waals surface area contributed by atoms with Gasteiger partial charge in [0, 0.05) is 43.8 Å². The highest BCUT2D eigenvalue weighted by atomic mass is 16.3. The van der Waals surface area contributed by atoms with Crippen LogP contribution in [-0.4, -0.2) is 15.0 Å². The van der Waals surface area contributed by atoms with Gasteiger partial charge in [-0.1, -0.05) is 121 Å². The van der Waals surface area contributed by atoms with E-state index in [4.69, 9.17) is 23.8 Å². The molecule has 0 atom stereocenters. The largest absolute Gasteiger partial charge is 0.456 e. The average Bonchev–Trinajstić information content (AvgIpc) is 3.73. The quantitative estimate of drug-likeness (QED) is 0.197. The Bertz CT molecular complexity index is 2850. The van der Waals surface area contributed by atoms with Crippen LogP contribution in [0.2, 0.25) is 0 Å². The Kier molecular flexibility index (Phi) is 5.81. The highest BCUT2D eigenvalue weighted by Crippen LogP contribution is 2.41. The van der Waals surface area contributed by atoms with E-state index in [1.54, 1.807) is 0 Å². The number of hydrogen-bond acceptors (Lipinski definition) is 5. The third kappa shape index (κ3) is 4.22. The molecule has 5 heteroatoms. The third-order valence-electron chi connectivity index (χ3n) is 9.13. The fourth-order valence-electron chi connectivity index (χ4n) is 6.83. The first-order valence-electron chi connectivity index (χ1n) is 15.9. The summed E-state index contributed by atoms with van der Waals surface area (Å²) in [7, 11) is 0. The standard InChI is InChI=1S/C43H25N3O2/c1-2-11-27(12-3-1)41-44-42(30-21-20-26-10-4-5-13-28(26)24-30)46-43(45-41)34-17-9-19-38-39(34)33-16-8-15-31(40(33)48-38)29-22-23-37-35(25-29)32-14-6-7-18-36(32)47-37/h1-25H. The number of fused-ring (bicyclic) bond motifs is 7. The lowest BCUT2D eigenvalue weighted by Crippen LogP contribution is -2.00. The Labute approximate surface area is 274 Å². The van der Waals surface area contributed by atoms with Crippen LogP contribution in [-0.2, 0) is 0 Å². The normalized spacial score (nSPS) is 11.8. The first-order valence-corrected chi connectivity index (χ1v) is 15.9. The van der Waals surface area contributed by atoms with Crippen LogP contribution < -0.4 is 0 Å². The summed E-state index contributed by atoms with van der Waals surface area (Å²) in [5, 5.41) is 6.46. The zero-order valence-electron chi connectivity index (χ0n) is 25.6. The summed E-state index contributed by atoms with van der Waals surface area (Å²) in [6, 6.07) is 51.6. The van der Waals surface area contributed by atoms with E-state index in [9.17, 15) is 0 Å². The Morgan fingerprint density at radius 2 is 1.02 bits per heavy atom. The van der Waals surface area contributed by atoms with Crippen molar-refractivity contribution in [2.75, 3.05) is 0 Å². The molecule has 0 saturated carbocycles. The number of rotatable bonds is 4. The monoisotopic (exact) mass is 615 g/mol. The molecule has 224 valence electrons. The van der Waals surface area contributed by atoms with Gasteiger partial charge in [0.2, 0.25) is 0 Å². The molecule has 0 N–H and O–H groups in total. The summed E-state index contributed by atoms with van der Waals surface area (Å²) in [6.07, 6.45) is 0. The maximum Gasteiger partial charge on any atom is 0.164 e. The summed E-state index contributed by atoms with van der Waals surface area (Å²) in [4.78, 5) is 15.1. The van der Waals surface area contributed by atoms with Gasteiger partial charge in [0.15, 0.2) is 17.5 Å². The first-order chi connectivity index (χ1) is 23.8. The van der Waals surface area contributed by atoms with Crippen LogP contribution in [0.5, 0.6) is 0 Å². The minimum Gasteiger partial charge on any atom is -0.456 e. The second-order valence-corrected chi connectivity index (χ2v) is 12.0. The number of nitrogens with zero attached hydrogens (tertiary/aromatic N) is 3. The predicted molar refractivity (Wildman–Crippen MR) is 194 cm³/mol. The molecule has 3 heterocycles. The van der Waals surface area contributed by atoms with Gasteiger partial charge >= 0.3 is 0 Å². The van der Waals surface area contributed by atoms with Crippen LogP contribution in [0.25, 0.3) is 99.9 Å². The Hall–Kier alpha value is -6.59. The molecule has 5 nitrogen and oxygen atoms in total. The summed E-state index contributed by atoms with van der Waals surface area (Å²) in [5.41, 5.74) is 8.17. The smallest absolute Gasteiger partial charge is 0.164 e. The van der Waals surface area contributed by atoms with Gasteiger partial charge in [-0.3, -0.25) is 0 Å². The summed E-state index contributed by atoms with van der Waals surface area (Å²) >= 11 is 0. The van der Waals surface area contributed by atoms with Crippen molar-refractivity contribution in [1.82, 2.24) is 15.0 Å². The van der Waals surface area contributed by atoms with E-state index in [-0.39, 0.29) is 0 Å². The van der Waals surface area contributed by atoms with E-state index in [0.717, 1.165) is 77.1 Å². The number of aromatic nitrogens is 3. The maximum absolute atomic E-state index is 6.66. The second-order valence-electron chi connectivity index (χ2n) is 12.0. The van der Waals surface area contributed by atoms with Crippen LogP contribution in [0.4, 0.5) is 0 Å². The van der Waals surface area contributed by atoms with E-state index < -0.39 is 0 Å². The highest BCUT2D eigenvalue weighted by Gasteiger charge is 2.20. The number of furan rings is 2. The lowest BCUT2D eigenvalue weighted by molar-refractivity contribution is 0.668. The molecule has 10 aromatic rings. The molecule has 7 aromatic carbocycles. The van der Waals surface area contributed by atoms with Gasteiger partial charge in [-0.15, -0.1) is 0 Å². The van der Waals surface area contributed by atoms with Crippen molar-refractivity contribution in [1.29, 1.82) is 0 Å². The molecule has 10 rings (SSSR count). The molecule has 3 aromatic heterocycles. The average molecular weight is 616 g/mol. The molecule has 0 aliphatic heterocycles. The van der Waals surface area contributed by atoms with Gasteiger partial charge in [-0.25, -0.2) is 15.0 Å². The van der Waals surface area contributed by atoms with Crippen molar-refractivity contribution in [3.05, 3.63) is 152 Å². The molecule has 0 amide bonds. The van der Waals surface area contributed by atoms with Crippen LogP contribution in [0.3, 0.4) is 0 Å². The van der Waals surface area contributed by atoms with Crippen molar-refractivity contribution < 1.29 is 8.83 Å². The van der Waals surface area contributed by atoms with E-state index >= 15 is 0 Å². The van der Waals surface area contributed by atoms with Gasteiger partial charge in [-0.05, 0) is 46.7 Å². The number of hydrogen-bond donors (Lipinski definition) is 0. The fourth-order valence-corrected chi connectivity index (χ4v) is 6.83. The lowest BCUT2D eigenvalue weighted by atomic mass is 9.99. The van der Waals surface area contributed by atoms with Gasteiger partial charge in [0.1, 0.15) is 22.3 Å². The number of benzene rings is 7. The van der Waals surface area contributed by atoms with Gasteiger partial charge in [0.05, 0.1) is 0 Å². The Morgan fingerprint density at radius 3 is 1.94 bits per heavy atom. The van der Waals surface area contributed by atoms with Crippen molar-refractivity contribution >= 4 is 54.6 Å². The van der Waals surface area contributed by atoms with E-state index in [2.05, 4.69) is 84.9 Å². The van der Waals surface area contributed by atoms with Crippen molar-refractivity contribution in [3.8, 4) is 45.3 Å². The van der Waals surface area contributed by atoms with Crippen LogP contribution in [0.1, 0.15) is 0 Å². The third-order valence-corrected chi connectivity index (χ3v) is 9.13. The molecule has 0 aliphatic carbocycles. The van der Waals surface area contributed by atoms with Crippen LogP contribution >= 0.6 is 0 Å². The molecule has 0 saturated heterocycles. The molecule has 48 heavy (non-hydrogen) atoms. The van der Waals surface area contributed by atoms with E-state index in [1.807, 2.05) is 66.7 Å². The minimum absolute atomic E-state index is 0.594. The van der Waals surface area contributed by atoms with E-state index in [1.165, 1.54) is 5.39 Å². The first kappa shape index (κ1) is 26.6. The molecule has 0 unspecified atom stereocenters. The Balaban J connectivity index is 1.19. The SMILES string of the molecule is c1ccc(-c2nc(-c3ccc4ccccc4c3)nc(-c3cccc4oc5c(-c6ccc7oc8ccccc8c7c6)cccc5c34)n2)cc1. The topological polar surface area (TPSA) is 65.0 Å². The molecule has 0 fully saturated rings. The zero-order chi connectivity index (χ0) is 31.6. The summed E-state index contributed by atoms with van der Waals surface area (Å²) < 4.78 is 12.8. The van der Waals surface area contributed by atoms with Crippen molar-refractivity contribution in [2.45, 2.75) is 0 Å². The van der Waals surface area contributed by atoms with Crippen LogP contribution in [0.15, 0.2) is 160 Å². The highest BCUT2D eigenvalue weighted by molar-refractivity contribution is 6.15. The maximum atomic E-state index is 6.66. The summed E-state index contributed by atoms with van der Waals surface area (Å²) in [6.45, 7) is 0.